The van der Waals surface area contributed by atoms with Gasteiger partial charge in [0.1, 0.15) is 17.4 Å². The normalized spacial score (nSPS) is 17.3. The average molecular weight is 517 g/mol. The number of ether oxygens (including phenoxy) is 2. The van der Waals surface area contributed by atoms with Crippen LogP contribution in [0.1, 0.15) is 73.6 Å². The van der Waals surface area contributed by atoms with E-state index in [1.807, 2.05) is 0 Å². The fraction of sp³-hybridized carbons (Fsp3) is 0.520. The zero-order valence-corrected chi connectivity index (χ0v) is 21.2. The third kappa shape index (κ3) is 7.28. The number of hydrogen-bond donors (Lipinski definition) is 3. The van der Waals surface area contributed by atoms with Crippen molar-refractivity contribution in [3.05, 3.63) is 29.3 Å². The lowest BCUT2D eigenvalue weighted by Gasteiger charge is -2.27. The van der Waals surface area contributed by atoms with Gasteiger partial charge in [-0.15, -0.1) is 0 Å². The number of fused-ring (bicyclic) bond motifs is 1. The van der Waals surface area contributed by atoms with Gasteiger partial charge in [-0.3, -0.25) is 34.2 Å². The third-order valence-corrected chi connectivity index (χ3v) is 5.63. The molecule has 200 valence electrons. The molecule has 3 N–H and O–H groups in total. The van der Waals surface area contributed by atoms with Gasteiger partial charge >= 0.3 is 6.09 Å². The summed E-state index contributed by atoms with van der Waals surface area (Å²) in [4.78, 5) is 74.1. The molecule has 12 heteroatoms. The van der Waals surface area contributed by atoms with Crippen molar-refractivity contribution in [1.82, 2.24) is 20.9 Å². The van der Waals surface area contributed by atoms with Crippen molar-refractivity contribution in [2.24, 2.45) is 0 Å². The number of piperidine rings is 1. The van der Waals surface area contributed by atoms with Gasteiger partial charge in [0.25, 0.3) is 17.7 Å². The molecule has 2 aliphatic heterocycles. The molecular weight excluding hydrogens is 484 g/mol. The molecule has 0 aliphatic carbocycles. The largest absolute Gasteiger partial charge is 0.483 e. The maximum absolute atomic E-state index is 13.0. The highest BCUT2D eigenvalue weighted by molar-refractivity contribution is 6.24. The van der Waals surface area contributed by atoms with E-state index < -0.39 is 47.3 Å². The number of rotatable bonds is 10. The first-order valence-corrected chi connectivity index (χ1v) is 12.2. The molecule has 2 aliphatic rings. The predicted molar refractivity (Wildman–Crippen MR) is 130 cm³/mol. The van der Waals surface area contributed by atoms with E-state index in [2.05, 4.69) is 16.0 Å². The number of hydrogen-bond acceptors (Lipinski definition) is 8. The molecule has 6 amide bonds. The van der Waals surface area contributed by atoms with E-state index in [4.69, 9.17) is 9.47 Å². The molecule has 0 spiro atoms. The molecule has 0 bridgehead atoms. The number of carbonyl (C=O) groups excluding carboxylic acids is 6. The van der Waals surface area contributed by atoms with Gasteiger partial charge in [-0.05, 0) is 58.6 Å². The van der Waals surface area contributed by atoms with E-state index in [0.717, 1.165) is 17.7 Å². The second-order valence-electron chi connectivity index (χ2n) is 9.75. The van der Waals surface area contributed by atoms with Crippen molar-refractivity contribution in [1.29, 1.82) is 0 Å². The topological polar surface area (TPSA) is 160 Å². The van der Waals surface area contributed by atoms with E-state index in [-0.39, 0.29) is 36.3 Å². The third-order valence-electron chi connectivity index (χ3n) is 5.63. The quantitative estimate of drug-likeness (QED) is 0.310. The lowest BCUT2D eigenvalue weighted by atomic mass is 10.0. The number of imide groups is 2. The molecule has 1 fully saturated rings. The summed E-state index contributed by atoms with van der Waals surface area (Å²) in [5, 5.41) is 7.54. The first-order valence-electron chi connectivity index (χ1n) is 12.2. The number of carbonyl (C=O) groups is 6. The van der Waals surface area contributed by atoms with Gasteiger partial charge in [0, 0.05) is 19.5 Å². The Morgan fingerprint density at radius 2 is 1.73 bits per heavy atom. The summed E-state index contributed by atoms with van der Waals surface area (Å²) < 4.78 is 10.7. The molecule has 0 aromatic heterocycles. The van der Waals surface area contributed by atoms with Gasteiger partial charge in [0.2, 0.25) is 11.8 Å². The Labute approximate surface area is 214 Å². The van der Waals surface area contributed by atoms with Crippen LogP contribution in [0.2, 0.25) is 0 Å². The van der Waals surface area contributed by atoms with Gasteiger partial charge in [-0.2, -0.15) is 0 Å². The van der Waals surface area contributed by atoms with Crippen molar-refractivity contribution in [2.75, 3.05) is 19.7 Å². The summed E-state index contributed by atoms with van der Waals surface area (Å²) in [7, 11) is 0. The Bertz CT molecular complexity index is 1090. The SMILES string of the molecule is CC(C)(C)OC(=O)NCCCCCNC(=O)COc1cccc2c1C(=O)N(C1CCC(=O)NC1=O)C2=O. The van der Waals surface area contributed by atoms with Gasteiger partial charge in [-0.1, -0.05) is 6.07 Å². The molecule has 0 saturated carbocycles. The number of nitrogens with zero attached hydrogens (tertiary/aromatic N) is 1. The first kappa shape index (κ1) is 27.6. The Hall–Kier alpha value is -3.96. The van der Waals surface area contributed by atoms with Crippen LogP contribution in [0.5, 0.6) is 5.75 Å². The number of unbranched alkanes of at least 4 members (excludes halogenated alkanes) is 2. The summed E-state index contributed by atoms with van der Waals surface area (Å²) in [6.45, 7) is 5.87. The zero-order valence-electron chi connectivity index (χ0n) is 21.2. The van der Waals surface area contributed by atoms with Crippen LogP contribution in [-0.2, 0) is 19.1 Å². The maximum Gasteiger partial charge on any atom is 0.407 e. The molecule has 37 heavy (non-hydrogen) atoms. The Balaban J connectivity index is 1.43. The van der Waals surface area contributed by atoms with Crippen LogP contribution in [-0.4, -0.2) is 71.9 Å². The van der Waals surface area contributed by atoms with Crippen LogP contribution in [0.3, 0.4) is 0 Å². The number of nitrogens with one attached hydrogen (secondary N) is 3. The van der Waals surface area contributed by atoms with E-state index in [9.17, 15) is 28.8 Å². The number of benzene rings is 1. The molecule has 12 nitrogen and oxygen atoms in total. The van der Waals surface area contributed by atoms with Crippen molar-refractivity contribution in [3.8, 4) is 5.75 Å². The lowest BCUT2D eigenvalue weighted by Crippen LogP contribution is -2.54. The van der Waals surface area contributed by atoms with Crippen molar-refractivity contribution >= 4 is 35.6 Å². The molecule has 2 heterocycles. The van der Waals surface area contributed by atoms with Crippen LogP contribution < -0.4 is 20.7 Å². The van der Waals surface area contributed by atoms with E-state index in [1.165, 1.54) is 18.2 Å². The van der Waals surface area contributed by atoms with Gasteiger partial charge in [0.05, 0.1) is 11.1 Å². The predicted octanol–water partition coefficient (Wildman–Crippen LogP) is 1.28. The minimum Gasteiger partial charge on any atom is -0.483 e. The van der Waals surface area contributed by atoms with E-state index in [0.29, 0.717) is 19.5 Å². The molecular formula is C25H32N4O8. The van der Waals surface area contributed by atoms with Crippen molar-refractivity contribution in [2.45, 2.75) is 64.5 Å². The van der Waals surface area contributed by atoms with E-state index in [1.54, 1.807) is 20.8 Å². The smallest absolute Gasteiger partial charge is 0.407 e. The monoisotopic (exact) mass is 516 g/mol. The van der Waals surface area contributed by atoms with Crippen LogP contribution in [0.25, 0.3) is 0 Å². The second kappa shape index (κ2) is 11.8. The molecule has 1 atom stereocenters. The Morgan fingerprint density at radius 3 is 2.41 bits per heavy atom. The fourth-order valence-electron chi connectivity index (χ4n) is 3.96. The van der Waals surface area contributed by atoms with Crippen LogP contribution in [0.15, 0.2) is 18.2 Å². The summed E-state index contributed by atoms with van der Waals surface area (Å²) in [5.41, 5.74) is -0.485. The van der Waals surface area contributed by atoms with Crippen LogP contribution >= 0.6 is 0 Å². The van der Waals surface area contributed by atoms with Gasteiger partial charge in [0.15, 0.2) is 6.61 Å². The minimum atomic E-state index is -1.08. The van der Waals surface area contributed by atoms with Crippen molar-refractivity contribution < 1.29 is 38.2 Å². The molecule has 1 aromatic rings. The Kier molecular flexibility index (Phi) is 8.85. The fourth-order valence-corrected chi connectivity index (χ4v) is 3.96. The molecule has 0 radical (unpaired) electrons. The first-order chi connectivity index (χ1) is 17.5. The summed E-state index contributed by atoms with van der Waals surface area (Å²) in [5.74, 6) is -2.84. The summed E-state index contributed by atoms with van der Waals surface area (Å²) in [6.07, 6.45) is 1.79. The molecule has 1 aromatic carbocycles. The van der Waals surface area contributed by atoms with Crippen LogP contribution in [0, 0.1) is 0 Å². The standard InChI is InChI=1S/C25H32N4O8/c1-25(2,3)37-24(35)27-13-6-4-5-12-26-19(31)14-36-17-9-7-8-15-20(17)23(34)29(22(15)33)16-10-11-18(30)28-21(16)32/h7-9,16H,4-6,10-14H2,1-3H3,(H,26,31)(H,27,35)(H,28,30,32). The Morgan fingerprint density at radius 1 is 1.03 bits per heavy atom. The maximum atomic E-state index is 13.0. The summed E-state index contributed by atoms with van der Waals surface area (Å²) >= 11 is 0. The highest BCUT2D eigenvalue weighted by atomic mass is 16.6. The second-order valence-corrected chi connectivity index (χ2v) is 9.75. The molecule has 3 rings (SSSR count). The molecule has 1 saturated heterocycles. The average Bonchev–Trinajstić information content (AvgIpc) is 3.06. The van der Waals surface area contributed by atoms with E-state index >= 15 is 0 Å². The van der Waals surface area contributed by atoms with Crippen LogP contribution in [0.4, 0.5) is 4.79 Å². The number of amides is 6. The highest BCUT2D eigenvalue weighted by Crippen LogP contribution is 2.33. The lowest BCUT2D eigenvalue weighted by molar-refractivity contribution is -0.136. The number of alkyl carbamates (subject to hydrolysis) is 1. The summed E-state index contributed by atoms with van der Waals surface area (Å²) in [6, 6.07) is 3.37. The van der Waals surface area contributed by atoms with Gasteiger partial charge < -0.3 is 20.1 Å². The molecule has 1 unspecified atom stereocenters. The van der Waals surface area contributed by atoms with Crippen molar-refractivity contribution in [3.63, 3.8) is 0 Å². The van der Waals surface area contributed by atoms with Gasteiger partial charge in [-0.25, -0.2) is 4.79 Å². The zero-order chi connectivity index (χ0) is 27.2. The highest BCUT2D eigenvalue weighted by Gasteiger charge is 2.46. The minimum absolute atomic E-state index is 0.0116.